The van der Waals surface area contributed by atoms with E-state index in [1.54, 1.807) is 0 Å². The first-order chi connectivity index (χ1) is 6.04. The summed E-state index contributed by atoms with van der Waals surface area (Å²) in [6.07, 6.45) is 6.93. The van der Waals surface area contributed by atoms with E-state index < -0.39 is 0 Å². The van der Waals surface area contributed by atoms with Crippen molar-refractivity contribution in [3.05, 3.63) is 0 Å². The Morgan fingerprint density at radius 3 is 2.31 bits per heavy atom. The van der Waals surface area contributed by atoms with Crippen LogP contribution in [0.3, 0.4) is 0 Å². The Kier molecular flexibility index (Phi) is 3.78. The first kappa shape index (κ1) is 11.0. The summed E-state index contributed by atoms with van der Waals surface area (Å²) in [4.78, 5) is 0. The normalized spacial score (nSPS) is 31.4. The van der Waals surface area contributed by atoms with Crippen LogP contribution in [0, 0.1) is 17.3 Å². The van der Waals surface area contributed by atoms with Gasteiger partial charge in [-0.1, -0.05) is 27.2 Å². The molecule has 2 unspecified atom stereocenters. The molecular weight excluding hydrogens is 158 g/mol. The maximum atomic E-state index is 5.73. The average molecular weight is 183 g/mol. The lowest BCUT2D eigenvalue weighted by molar-refractivity contribution is 0.213. The number of nitrogens with two attached hydrogens (primary N) is 1. The molecule has 0 aromatic rings. The summed E-state index contributed by atoms with van der Waals surface area (Å²) in [7, 11) is 0. The Morgan fingerprint density at radius 2 is 1.77 bits per heavy atom. The zero-order valence-electron chi connectivity index (χ0n) is 9.47. The Morgan fingerprint density at radius 1 is 1.08 bits per heavy atom. The van der Waals surface area contributed by atoms with Crippen LogP contribution in [0.4, 0.5) is 0 Å². The second kappa shape index (κ2) is 4.45. The predicted molar refractivity (Wildman–Crippen MR) is 58.6 cm³/mol. The van der Waals surface area contributed by atoms with E-state index in [4.69, 9.17) is 5.73 Å². The van der Waals surface area contributed by atoms with Crippen LogP contribution in [0.15, 0.2) is 0 Å². The lowest BCUT2D eigenvalue weighted by Crippen LogP contribution is -2.20. The average Bonchev–Trinajstić information content (AvgIpc) is 2.26. The molecule has 1 fully saturated rings. The third-order valence-corrected chi connectivity index (χ3v) is 3.65. The quantitative estimate of drug-likeness (QED) is 0.621. The van der Waals surface area contributed by atoms with E-state index in [1.165, 1.54) is 32.1 Å². The second-order valence-electron chi connectivity index (χ2n) is 5.67. The van der Waals surface area contributed by atoms with E-state index in [2.05, 4.69) is 20.8 Å². The van der Waals surface area contributed by atoms with E-state index in [-0.39, 0.29) is 0 Å². The Labute approximate surface area is 83.1 Å². The van der Waals surface area contributed by atoms with Crippen molar-refractivity contribution in [2.45, 2.75) is 52.9 Å². The first-order valence-electron chi connectivity index (χ1n) is 5.74. The van der Waals surface area contributed by atoms with Gasteiger partial charge in [-0.25, -0.2) is 0 Å². The number of rotatable bonds is 1. The van der Waals surface area contributed by atoms with Gasteiger partial charge < -0.3 is 5.73 Å². The second-order valence-corrected chi connectivity index (χ2v) is 5.67. The molecular formula is C12H25N. The largest absolute Gasteiger partial charge is 0.330 e. The molecule has 0 aromatic heterocycles. The maximum Gasteiger partial charge on any atom is -0.00489 e. The minimum Gasteiger partial charge on any atom is -0.330 e. The van der Waals surface area contributed by atoms with E-state index in [0.717, 1.165) is 18.4 Å². The zero-order chi connectivity index (χ0) is 9.90. The molecule has 13 heavy (non-hydrogen) atoms. The van der Waals surface area contributed by atoms with Gasteiger partial charge in [0.2, 0.25) is 0 Å². The first-order valence-corrected chi connectivity index (χ1v) is 5.74. The monoisotopic (exact) mass is 183 g/mol. The molecule has 0 saturated heterocycles. The van der Waals surface area contributed by atoms with Crippen LogP contribution < -0.4 is 5.73 Å². The van der Waals surface area contributed by atoms with Crippen molar-refractivity contribution in [2.24, 2.45) is 23.0 Å². The van der Waals surface area contributed by atoms with Crippen LogP contribution in [0.5, 0.6) is 0 Å². The van der Waals surface area contributed by atoms with Gasteiger partial charge in [-0.2, -0.15) is 0 Å². The van der Waals surface area contributed by atoms with Crippen molar-refractivity contribution in [1.82, 2.24) is 0 Å². The summed E-state index contributed by atoms with van der Waals surface area (Å²) in [5.41, 5.74) is 6.23. The van der Waals surface area contributed by atoms with Gasteiger partial charge in [-0.15, -0.1) is 0 Å². The summed E-state index contributed by atoms with van der Waals surface area (Å²) >= 11 is 0. The Balaban J connectivity index is 2.45. The molecule has 1 heteroatoms. The number of hydrogen-bond acceptors (Lipinski definition) is 1. The van der Waals surface area contributed by atoms with Crippen LogP contribution >= 0.6 is 0 Å². The fraction of sp³-hybridized carbons (Fsp3) is 1.00. The van der Waals surface area contributed by atoms with Gasteiger partial charge in [0.1, 0.15) is 0 Å². The van der Waals surface area contributed by atoms with E-state index in [0.29, 0.717) is 5.41 Å². The van der Waals surface area contributed by atoms with Gasteiger partial charge in [0.25, 0.3) is 0 Å². The highest BCUT2D eigenvalue weighted by Gasteiger charge is 2.27. The standard InChI is InChI=1S/C12H25N/c1-12(2,3)11-6-4-5-10(9-13)7-8-11/h10-11H,4-9,13H2,1-3H3. The molecule has 2 atom stereocenters. The lowest BCUT2D eigenvalue weighted by atomic mass is 9.76. The van der Waals surface area contributed by atoms with E-state index in [1.807, 2.05) is 0 Å². The van der Waals surface area contributed by atoms with Crippen LogP contribution in [0.25, 0.3) is 0 Å². The summed E-state index contributed by atoms with van der Waals surface area (Å²) < 4.78 is 0. The van der Waals surface area contributed by atoms with Gasteiger partial charge in [0.05, 0.1) is 0 Å². The fourth-order valence-corrected chi connectivity index (χ4v) is 2.48. The van der Waals surface area contributed by atoms with Crippen molar-refractivity contribution in [3.63, 3.8) is 0 Å². The molecule has 1 aliphatic carbocycles. The van der Waals surface area contributed by atoms with Crippen LogP contribution in [-0.2, 0) is 0 Å². The summed E-state index contributed by atoms with van der Waals surface area (Å²) in [6.45, 7) is 8.03. The maximum absolute atomic E-state index is 5.73. The van der Waals surface area contributed by atoms with Crippen molar-refractivity contribution >= 4 is 0 Å². The third-order valence-electron chi connectivity index (χ3n) is 3.65. The van der Waals surface area contributed by atoms with Crippen molar-refractivity contribution in [2.75, 3.05) is 6.54 Å². The molecule has 78 valence electrons. The molecule has 0 amide bonds. The third kappa shape index (κ3) is 3.30. The SMILES string of the molecule is CC(C)(C)C1CCCC(CN)CC1. The van der Waals surface area contributed by atoms with Gasteiger partial charge >= 0.3 is 0 Å². The van der Waals surface area contributed by atoms with Gasteiger partial charge in [-0.3, -0.25) is 0 Å². The molecule has 0 heterocycles. The van der Waals surface area contributed by atoms with E-state index in [9.17, 15) is 0 Å². The Hall–Kier alpha value is -0.0400. The van der Waals surface area contributed by atoms with Crippen LogP contribution in [0.2, 0.25) is 0 Å². The molecule has 0 aliphatic heterocycles. The highest BCUT2D eigenvalue weighted by atomic mass is 14.5. The topological polar surface area (TPSA) is 26.0 Å². The summed E-state index contributed by atoms with van der Waals surface area (Å²) in [6, 6.07) is 0. The Bertz CT molecular complexity index is 146. The predicted octanol–water partition coefficient (Wildman–Crippen LogP) is 3.19. The molecule has 1 rings (SSSR count). The van der Waals surface area contributed by atoms with Crippen molar-refractivity contribution in [3.8, 4) is 0 Å². The number of hydrogen-bond donors (Lipinski definition) is 1. The minimum atomic E-state index is 0.503. The molecule has 1 saturated carbocycles. The molecule has 0 spiro atoms. The highest BCUT2D eigenvalue weighted by Crippen LogP contribution is 2.37. The summed E-state index contributed by atoms with van der Waals surface area (Å²) in [5.74, 6) is 1.73. The lowest BCUT2D eigenvalue weighted by Gasteiger charge is -2.29. The minimum absolute atomic E-state index is 0.503. The van der Waals surface area contributed by atoms with Crippen molar-refractivity contribution in [1.29, 1.82) is 0 Å². The van der Waals surface area contributed by atoms with Crippen LogP contribution in [0.1, 0.15) is 52.9 Å². The zero-order valence-corrected chi connectivity index (χ0v) is 9.47. The van der Waals surface area contributed by atoms with Gasteiger partial charge in [-0.05, 0) is 49.5 Å². The molecule has 1 aliphatic rings. The smallest absolute Gasteiger partial charge is 0.00489 e. The fourth-order valence-electron chi connectivity index (χ4n) is 2.48. The summed E-state index contributed by atoms with van der Waals surface area (Å²) in [5, 5.41) is 0. The molecule has 2 N–H and O–H groups in total. The van der Waals surface area contributed by atoms with Crippen LogP contribution in [-0.4, -0.2) is 6.54 Å². The molecule has 1 nitrogen and oxygen atoms in total. The van der Waals surface area contributed by atoms with E-state index >= 15 is 0 Å². The molecule has 0 radical (unpaired) electrons. The highest BCUT2D eigenvalue weighted by molar-refractivity contribution is 4.78. The van der Waals surface area contributed by atoms with Gasteiger partial charge in [0, 0.05) is 0 Å². The van der Waals surface area contributed by atoms with Gasteiger partial charge in [0.15, 0.2) is 0 Å². The van der Waals surface area contributed by atoms with Crippen molar-refractivity contribution < 1.29 is 0 Å². The molecule has 0 bridgehead atoms. The molecule has 0 aromatic carbocycles.